The molecule has 12 heteroatoms. The van der Waals surface area contributed by atoms with E-state index in [1.54, 1.807) is 0 Å². The van der Waals surface area contributed by atoms with E-state index in [0.29, 0.717) is 17.4 Å². The molecule has 0 aliphatic heterocycles. The number of hydrogen-bond donors (Lipinski definition) is 3. The topological polar surface area (TPSA) is 149 Å². The fraction of sp³-hybridized carbons (Fsp3) is 0.708. The number of nitrogens with zero attached hydrogens (tertiary/aromatic N) is 1. The Kier molecular flexibility index (Phi) is 37.5. The minimum atomic E-state index is -4.47. The molecule has 0 aromatic heterocycles. The van der Waals surface area contributed by atoms with E-state index in [4.69, 9.17) is 18.5 Å². The van der Waals surface area contributed by atoms with Crippen molar-refractivity contribution in [3.63, 3.8) is 0 Å². The van der Waals surface area contributed by atoms with Gasteiger partial charge in [0.15, 0.2) is 6.10 Å². The summed E-state index contributed by atoms with van der Waals surface area (Å²) >= 11 is 0. The van der Waals surface area contributed by atoms with Crippen LogP contribution in [0.25, 0.3) is 0 Å². The van der Waals surface area contributed by atoms with Crippen molar-refractivity contribution in [3.05, 3.63) is 72.9 Å². The first kappa shape index (κ1) is 57.4. The molecular formula is C48H85NO10P+. The number of phosphoric acid groups is 1. The number of phosphoric ester groups is 1. The van der Waals surface area contributed by atoms with Crippen molar-refractivity contribution < 1.29 is 52.3 Å². The third-order valence-electron chi connectivity index (χ3n) is 9.41. The number of rotatable bonds is 40. The summed E-state index contributed by atoms with van der Waals surface area (Å²) in [5.41, 5.74) is 0. The second-order valence-electron chi connectivity index (χ2n) is 16.4. The van der Waals surface area contributed by atoms with Crippen molar-refractivity contribution >= 4 is 19.8 Å². The molecule has 3 unspecified atom stereocenters. The summed E-state index contributed by atoms with van der Waals surface area (Å²) in [6.45, 7) is 3.98. The van der Waals surface area contributed by atoms with Crippen LogP contribution in [0.4, 0.5) is 0 Å². The van der Waals surface area contributed by atoms with Gasteiger partial charge in [0.25, 0.3) is 0 Å². The van der Waals surface area contributed by atoms with Crippen LogP contribution < -0.4 is 0 Å². The predicted molar refractivity (Wildman–Crippen MR) is 245 cm³/mol. The molecule has 0 aliphatic carbocycles. The zero-order valence-electron chi connectivity index (χ0n) is 38.1. The Morgan fingerprint density at radius 2 is 1.07 bits per heavy atom. The zero-order chi connectivity index (χ0) is 44.6. The van der Waals surface area contributed by atoms with Gasteiger partial charge in [-0.05, 0) is 89.9 Å². The molecule has 0 aliphatic rings. The number of carbonyl (C=O) groups is 2. The summed E-state index contributed by atoms with van der Waals surface area (Å²) in [4.78, 5) is 35.5. The molecule has 0 amide bonds. The molecule has 0 spiro atoms. The van der Waals surface area contributed by atoms with Gasteiger partial charge in [0.1, 0.15) is 19.8 Å². The first-order valence-electron chi connectivity index (χ1n) is 22.8. The Morgan fingerprint density at radius 3 is 1.60 bits per heavy atom. The molecule has 0 saturated heterocycles. The van der Waals surface area contributed by atoms with Crippen molar-refractivity contribution in [2.45, 2.75) is 173 Å². The minimum absolute atomic E-state index is 0.0279. The molecule has 60 heavy (non-hydrogen) atoms. The predicted octanol–water partition coefficient (Wildman–Crippen LogP) is 11.0. The first-order valence-corrected chi connectivity index (χ1v) is 24.3. The Labute approximate surface area is 364 Å². The van der Waals surface area contributed by atoms with Crippen LogP contribution >= 0.6 is 7.82 Å². The number of ether oxygens (including phenoxy) is 2. The lowest BCUT2D eigenvalue weighted by Gasteiger charge is -2.24. The van der Waals surface area contributed by atoms with Crippen LogP contribution in [0.5, 0.6) is 0 Å². The van der Waals surface area contributed by atoms with E-state index in [-0.39, 0.29) is 45.3 Å². The maximum absolute atomic E-state index is 12.7. The summed E-state index contributed by atoms with van der Waals surface area (Å²) in [7, 11) is 1.28. The van der Waals surface area contributed by atoms with Crippen molar-refractivity contribution in [2.24, 2.45) is 0 Å². The van der Waals surface area contributed by atoms with Crippen molar-refractivity contribution in [1.29, 1.82) is 0 Å². The Morgan fingerprint density at radius 1 is 0.583 bits per heavy atom. The van der Waals surface area contributed by atoms with Crippen molar-refractivity contribution in [2.75, 3.05) is 47.5 Å². The maximum atomic E-state index is 12.7. The van der Waals surface area contributed by atoms with Crippen LogP contribution in [0.1, 0.15) is 155 Å². The molecule has 0 rings (SSSR count). The third-order valence-corrected chi connectivity index (χ3v) is 10.4. The van der Waals surface area contributed by atoms with Crippen LogP contribution in [0.3, 0.4) is 0 Å². The number of allylic oxidation sites excluding steroid dienone is 11. The van der Waals surface area contributed by atoms with Gasteiger partial charge in [-0.15, -0.1) is 0 Å². The van der Waals surface area contributed by atoms with Crippen LogP contribution in [-0.4, -0.2) is 97.3 Å². The van der Waals surface area contributed by atoms with E-state index >= 15 is 0 Å². The average molecular weight is 867 g/mol. The first-order chi connectivity index (χ1) is 28.8. The van der Waals surface area contributed by atoms with Crippen LogP contribution in [-0.2, 0) is 32.7 Å². The van der Waals surface area contributed by atoms with Gasteiger partial charge in [0.2, 0.25) is 0 Å². The normalized spacial score (nSPS) is 15.3. The van der Waals surface area contributed by atoms with Gasteiger partial charge in [-0.25, -0.2) is 4.57 Å². The number of carbonyl (C=O) groups excluding carboxylic acids is 2. The van der Waals surface area contributed by atoms with Gasteiger partial charge >= 0.3 is 19.8 Å². The Balaban J connectivity index is 4.64. The molecule has 0 radical (unpaired) electrons. The van der Waals surface area contributed by atoms with Crippen LogP contribution in [0.15, 0.2) is 72.9 Å². The fourth-order valence-electron chi connectivity index (χ4n) is 5.65. The summed E-state index contributed by atoms with van der Waals surface area (Å²) in [6.07, 6.45) is 41.2. The quantitative estimate of drug-likeness (QED) is 0.0179. The van der Waals surface area contributed by atoms with Crippen molar-refractivity contribution in [1.82, 2.24) is 0 Å². The van der Waals surface area contributed by atoms with E-state index in [0.717, 1.165) is 57.8 Å². The standard InChI is InChI=1S/C48H84NO10P/c1-6-8-10-12-14-16-18-20-21-22-23-24-26-28-30-32-34-38-47(52)56-42-44(43-58-60(54,55)57-41-40-49(3,4)5)59-48(53)39-35-37-46(51)45(50)36-33-31-29-27-25-19-17-15-13-11-9-7-2/h14-17,20-21,23-25,27,31,33,44-46,50-51H,6-13,18-19,22,26,28-30,32,34-43H2,1-5H3/p+1/b16-14-,17-15-,21-20-,24-23-,27-25-,33-31-/t44-,45?,46?/m1/s1. The number of quaternary nitrogens is 1. The van der Waals surface area contributed by atoms with E-state index in [1.165, 1.54) is 44.9 Å². The molecule has 3 N–H and O–H groups in total. The Hall–Kier alpha value is -2.63. The van der Waals surface area contributed by atoms with Gasteiger partial charge < -0.3 is 29.1 Å². The maximum Gasteiger partial charge on any atom is 0.472 e. The molecule has 0 heterocycles. The lowest BCUT2D eigenvalue weighted by Crippen LogP contribution is -2.37. The highest BCUT2D eigenvalue weighted by molar-refractivity contribution is 7.47. The number of likely N-dealkylation sites (N-methyl/N-ethyl adjacent to an activating group) is 1. The minimum Gasteiger partial charge on any atom is -0.462 e. The Bertz CT molecular complexity index is 1290. The van der Waals surface area contributed by atoms with E-state index in [1.807, 2.05) is 33.3 Å². The zero-order valence-corrected chi connectivity index (χ0v) is 39.0. The molecule has 0 aromatic carbocycles. The van der Waals surface area contributed by atoms with Crippen LogP contribution in [0, 0.1) is 0 Å². The third kappa shape index (κ3) is 40.8. The second kappa shape index (κ2) is 39.2. The van der Waals surface area contributed by atoms with Gasteiger partial charge in [-0.2, -0.15) is 0 Å². The van der Waals surface area contributed by atoms with E-state index < -0.39 is 44.7 Å². The number of unbranched alkanes of at least 4 members (excludes halogenated alkanes) is 10. The summed E-state index contributed by atoms with van der Waals surface area (Å²) in [5, 5.41) is 20.8. The molecule has 11 nitrogen and oxygen atoms in total. The number of aliphatic hydroxyl groups is 2. The van der Waals surface area contributed by atoms with Crippen LogP contribution in [0.2, 0.25) is 0 Å². The van der Waals surface area contributed by atoms with Gasteiger partial charge in [0, 0.05) is 12.8 Å². The van der Waals surface area contributed by atoms with E-state index in [9.17, 15) is 29.3 Å². The lowest BCUT2D eigenvalue weighted by atomic mass is 10.0. The fourth-order valence-corrected chi connectivity index (χ4v) is 6.39. The van der Waals surface area contributed by atoms with Gasteiger partial charge in [-0.3, -0.25) is 18.6 Å². The monoisotopic (exact) mass is 867 g/mol. The van der Waals surface area contributed by atoms with Gasteiger partial charge in [0.05, 0.1) is 40.0 Å². The highest BCUT2D eigenvalue weighted by Crippen LogP contribution is 2.43. The SMILES string of the molecule is CCCCC/C=C\C/C=C\C/C=C\CCCCCCC(=O)OC[C@H](COP(=O)(O)OCC[N+](C)(C)C)OC(=O)CCCC(O)C(O)C/C=C\C/C=C\C/C=C\CCCCC. The van der Waals surface area contributed by atoms with Crippen molar-refractivity contribution in [3.8, 4) is 0 Å². The lowest BCUT2D eigenvalue weighted by molar-refractivity contribution is -0.870. The summed E-state index contributed by atoms with van der Waals surface area (Å²) in [6, 6.07) is 0. The number of hydrogen-bond acceptors (Lipinski definition) is 9. The number of aliphatic hydroxyl groups excluding tert-OH is 2. The molecule has 0 bridgehead atoms. The largest absolute Gasteiger partial charge is 0.472 e. The molecule has 346 valence electrons. The second-order valence-corrected chi connectivity index (χ2v) is 17.8. The average Bonchev–Trinajstić information content (AvgIpc) is 3.19. The summed E-state index contributed by atoms with van der Waals surface area (Å²) in [5.74, 6) is -1.12. The molecule has 0 saturated carbocycles. The smallest absolute Gasteiger partial charge is 0.462 e. The van der Waals surface area contributed by atoms with Gasteiger partial charge in [-0.1, -0.05) is 125 Å². The highest BCUT2D eigenvalue weighted by Gasteiger charge is 2.27. The highest BCUT2D eigenvalue weighted by atomic mass is 31.2. The molecular weight excluding hydrogens is 781 g/mol. The molecule has 4 atom stereocenters. The summed E-state index contributed by atoms with van der Waals surface area (Å²) < 4.78 is 34.1. The molecule has 0 fully saturated rings. The molecule has 0 aromatic rings. The number of esters is 2. The van der Waals surface area contributed by atoms with E-state index in [2.05, 4.69) is 74.6 Å².